The summed E-state index contributed by atoms with van der Waals surface area (Å²) in [5, 5.41) is 8.47. The van der Waals surface area contributed by atoms with Gasteiger partial charge in [-0.1, -0.05) is 6.42 Å². The van der Waals surface area contributed by atoms with Gasteiger partial charge in [0.25, 0.3) is 0 Å². The first kappa shape index (κ1) is 8.24. The Kier molecular flexibility index (Phi) is 2.63. The minimum Gasteiger partial charge on any atom is -0.481 e. The van der Waals surface area contributed by atoms with Crippen molar-refractivity contribution in [2.45, 2.75) is 25.7 Å². The van der Waals surface area contributed by atoms with E-state index in [1.807, 2.05) is 0 Å². The third-order valence-corrected chi connectivity index (χ3v) is 2.33. The minimum atomic E-state index is -0.788. The molecule has 1 aliphatic carbocycles. The smallest absolute Gasteiger partial charge is 0.303 e. The maximum Gasteiger partial charge on any atom is 0.303 e. The van der Waals surface area contributed by atoms with Gasteiger partial charge in [0.2, 0.25) is 0 Å². The normalized spacial score (nSPS) is 30.2. The highest BCUT2D eigenvalue weighted by Crippen LogP contribution is 2.32. The Morgan fingerprint density at radius 1 is 1.55 bits per heavy atom. The van der Waals surface area contributed by atoms with Crippen molar-refractivity contribution in [2.75, 3.05) is 0 Å². The Hall–Kier alpha value is -0.860. The molecule has 0 aromatic carbocycles. The monoisotopic (exact) mass is 156 g/mol. The molecule has 1 unspecified atom stereocenters. The molecule has 2 atom stereocenters. The van der Waals surface area contributed by atoms with E-state index < -0.39 is 5.97 Å². The molecule has 11 heavy (non-hydrogen) atoms. The molecule has 62 valence electrons. The average Bonchev–Trinajstić information content (AvgIpc) is 2.34. The fraction of sp³-hybridized carbons (Fsp3) is 0.750. The Bertz CT molecular complexity index is 165. The first-order valence-corrected chi connectivity index (χ1v) is 3.91. The molecule has 1 N–H and O–H groups in total. The largest absolute Gasteiger partial charge is 0.481 e. The number of hydrogen-bond acceptors (Lipinski definition) is 2. The molecule has 0 radical (unpaired) electrons. The first-order valence-electron chi connectivity index (χ1n) is 3.91. The van der Waals surface area contributed by atoms with Crippen LogP contribution in [0.25, 0.3) is 0 Å². The van der Waals surface area contributed by atoms with Crippen LogP contribution in [0.15, 0.2) is 0 Å². The summed E-state index contributed by atoms with van der Waals surface area (Å²) in [6, 6.07) is 0. The lowest BCUT2D eigenvalue weighted by atomic mass is 9.94. The number of rotatable bonds is 3. The summed E-state index contributed by atoms with van der Waals surface area (Å²) in [4.78, 5) is 20.7. The van der Waals surface area contributed by atoms with Crippen molar-refractivity contribution >= 4 is 12.3 Å². The topological polar surface area (TPSA) is 54.4 Å². The summed E-state index contributed by atoms with van der Waals surface area (Å²) >= 11 is 0. The molecular weight excluding hydrogens is 144 g/mol. The Morgan fingerprint density at radius 3 is 2.82 bits per heavy atom. The second-order valence-corrected chi connectivity index (χ2v) is 3.09. The van der Waals surface area contributed by atoms with Gasteiger partial charge in [0.05, 0.1) is 0 Å². The van der Waals surface area contributed by atoms with Crippen molar-refractivity contribution in [3.63, 3.8) is 0 Å². The number of aliphatic carboxylic acids is 1. The van der Waals surface area contributed by atoms with E-state index in [4.69, 9.17) is 5.11 Å². The molecule has 3 nitrogen and oxygen atoms in total. The fourth-order valence-electron chi connectivity index (χ4n) is 1.72. The van der Waals surface area contributed by atoms with E-state index in [0.717, 1.165) is 25.5 Å². The summed E-state index contributed by atoms with van der Waals surface area (Å²) in [6.07, 6.45) is 3.84. The highest BCUT2D eigenvalue weighted by molar-refractivity contribution is 5.68. The van der Waals surface area contributed by atoms with Crippen LogP contribution in [0, 0.1) is 11.8 Å². The van der Waals surface area contributed by atoms with Crippen LogP contribution in [0.4, 0.5) is 0 Å². The van der Waals surface area contributed by atoms with Gasteiger partial charge in [-0.3, -0.25) is 4.79 Å². The molecule has 0 aliphatic heterocycles. The van der Waals surface area contributed by atoms with E-state index in [2.05, 4.69) is 0 Å². The van der Waals surface area contributed by atoms with E-state index in [1.54, 1.807) is 0 Å². The van der Waals surface area contributed by atoms with Crippen molar-refractivity contribution in [2.24, 2.45) is 11.8 Å². The van der Waals surface area contributed by atoms with Crippen LogP contribution >= 0.6 is 0 Å². The molecule has 0 amide bonds. The SMILES string of the molecule is O=CC1CCC[C@@H]1CC(=O)O. The van der Waals surface area contributed by atoms with Gasteiger partial charge in [-0.05, 0) is 18.8 Å². The first-order chi connectivity index (χ1) is 5.24. The maximum atomic E-state index is 10.4. The molecule has 0 bridgehead atoms. The van der Waals surface area contributed by atoms with Crippen LogP contribution in [0.3, 0.4) is 0 Å². The molecule has 1 fully saturated rings. The molecule has 0 spiro atoms. The second-order valence-electron chi connectivity index (χ2n) is 3.09. The zero-order valence-corrected chi connectivity index (χ0v) is 6.32. The molecule has 1 rings (SSSR count). The summed E-state index contributed by atoms with van der Waals surface area (Å²) in [7, 11) is 0. The van der Waals surface area contributed by atoms with E-state index in [1.165, 1.54) is 0 Å². The van der Waals surface area contributed by atoms with E-state index in [9.17, 15) is 9.59 Å². The van der Waals surface area contributed by atoms with Crippen LogP contribution in [0.2, 0.25) is 0 Å². The lowest BCUT2D eigenvalue weighted by Crippen LogP contribution is -2.13. The molecule has 0 aromatic heterocycles. The zero-order chi connectivity index (χ0) is 8.27. The number of aldehydes is 1. The maximum absolute atomic E-state index is 10.4. The van der Waals surface area contributed by atoms with Crippen molar-refractivity contribution < 1.29 is 14.7 Å². The lowest BCUT2D eigenvalue weighted by Gasteiger charge is -2.09. The Labute approximate surface area is 65.4 Å². The number of carboxylic acid groups (broad SMARTS) is 1. The Balaban J connectivity index is 2.43. The molecule has 1 aliphatic rings. The van der Waals surface area contributed by atoms with Gasteiger partial charge >= 0.3 is 5.97 Å². The molecule has 3 heteroatoms. The summed E-state index contributed by atoms with van der Waals surface area (Å²) in [6.45, 7) is 0. The van der Waals surface area contributed by atoms with Crippen LogP contribution in [0.1, 0.15) is 25.7 Å². The van der Waals surface area contributed by atoms with Crippen LogP contribution < -0.4 is 0 Å². The number of hydrogen-bond donors (Lipinski definition) is 1. The molecular formula is C8H12O3. The summed E-state index contributed by atoms with van der Waals surface area (Å²) in [5.41, 5.74) is 0. The van der Waals surface area contributed by atoms with Crippen LogP contribution in [-0.2, 0) is 9.59 Å². The molecule has 0 aromatic rings. The standard InChI is InChI=1S/C8H12O3/c9-5-7-3-1-2-6(7)4-8(10)11/h5-7H,1-4H2,(H,10,11)/t6-,7?/m1/s1. The lowest BCUT2D eigenvalue weighted by molar-refractivity contribution is -0.138. The third kappa shape index (κ3) is 2.03. The average molecular weight is 156 g/mol. The van der Waals surface area contributed by atoms with Crippen molar-refractivity contribution in [1.82, 2.24) is 0 Å². The van der Waals surface area contributed by atoms with E-state index >= 15 is 0 Å². The van der Waals surface area contributed by atoms with Crippen LogP contribution in [-0.4, -0.2) is 17.4 Å². The quantitative estimate of drug-likeness (QED) is 0.622. The fourth-order valence-corrected chi connectivity index (χ4v) is 1.72. The second kappa shape index (κ2) is 3.51. The van der Waals surface area contributed by atoms with E-state index in [0.29, 0.717) is 0 Å². The highest BCUT2D eigenvalue weighted by Gasteiger charge is 2.28. The number of carboxylic acids is 1. The third-order valence-electron chi connectivity index (χ3n) is 2.33. The van der Waals surface area contributed by atoms with Gasteiger partial charge in [0.1, 0.15) is 6.29 Å². The van der Waals surface area contributed by atoms with Gasteiger partial charge < -0.3 is 9.90 Å². The highest BCUT2D eigenvalue weighted by atomic mass is 16.4. The molecule has 0 heterocycles. The van der Waals surface area contributed by atoms with Gasteiger partial charge in [0.15, 0.2) is 0 Å². The predicted octanol–water partition coefficient (Wildman–Crippen LogP) is 1.08. The van der Waals surface area contributed by atoms with Crippen molar-refractivity contribution in [3.05, 3.63) is 0 Å². The van der Waals surface area contributed by atoms with Crippen LogP contribution in [0.5, 0.6) is 0 Å². The summed E-state index contributed by atoms with van der Waals surface area (Å²) < 4.78 is 0. The van der Waals surface area contributed by atoms with E-state index in [-0.39, 0.29) is 18.3 Å². The minimum absolute atomic E-state index is 0.00565. The predicted molar refractivity (Wildman–Crippen MR) is 39.1 cm³/mol. The van der Waals surface area contributed by atoms with Crippen molar-refractivity contribution in [3.8, 4) is 0 Å². The van der Waals surface area contributed by atoms with Gasteiger partial charge in [0, 0.05) is 12.3 Å². The Morgan fingerprint density at radius 2 is 2.27 bits per heavy atom. The molecule has 1 saturated carbocycles. The van der Waals surface area contributed by atoms with Gasteiger partial charge in [-0.25, -0.2) is 0 Å². The van der Waals surface area contributed by atoms with Crippen molar-refractivity contribution in [1.29, 1.82) is 0 Å². The molecule has 0 saturated heterocycles. The number of carbonyl (C=O) groups excluding carboxylic acids is 1. The number of carbonyl (C=O) groups is 2. The zero-order valence-electron chi connectivity index (χ0n) is 6.32. The van der Waals surface area contributed by atoms with Gasteiger partial charge in [-0.2, -0.15) is 0 Å². The van der Waals surface area contributed by atoms with Gasteiger partial charge in [-0.15, -0.1) is 0 Å². The summed E-state index contributed by atoms with van der Waals surface area (Å²) in [5.74, 6) is -0.681.